The van der Waals surface area contributed by atoms with E-state index in [9.17, 15) is 8.42 Å². The van der Waals surface area contributed by atoms with E-state index in [0.29, 0.717) is 17.1 Å². The molecule has 4 rings (SSSR count). The molecule has 1 aliphatic carbocycles. The molecule has 2 aromatic carbocycles. The molecule has 1 aliphatic heterocycles. The van der Waals surface area contributed by atoms with Gasteiger partial charge in [-0.15, -0.1) is 0 Å². The van der Waals surface area contributed by atoms with Gasteiger partial charge >= 0.3 is 0 Å². The summed E-state index contributed by atoms with van der Waals surface area (Å²) in [7, 11) is -0.126. The summed E-state index contributed by atoms with van der Waals surface area (Å²) in [4.78, 5) is 2.76. The molecule has 0 saturated heterocycles. The third-order valence-electron chi connectivity index (χ3n) is 6.05. The minimum Gasteiger partial charge on any atom is -0.493 e. The van der Waals surface area contributed by atoms with E-state index in [4.69, 9.17) is 9.47 Å². The van der Waals surface area contributed by atoms with E-state index in [1.54, 1.807) is 38.5 Å². The van der Waals surface area contributed by atoms with Crippen molar-refractivity contribution in [1.29, 1.82) is 0 Å². The maximum Gasteiger partial charge on any atom is 0.241 e. The van der Waals surface area contributed by atoms with Crippen LogP contribution in [-0.2, 0) is 22.9 Å². The van der Waals surface area contributed by atoms with Crippen LogP contribution in [0.5, 0.6) is 11.5 Å². The molecule has 1 heterocycles. The SMILES string of the molecule is COc1cc2c3c(c1OC)CCC3N(CCCNS(=O)(=O)c1ccccc1Br)CC2. The number of rotatable bonds is 8. The van der Waals surface area contributed by atoms with Gasteiger partial charge < -0.3 is 9.47 Å². The lowest BCUT2D eigenvalue weighted by Crippen LogP contribution is -2.36. The van der Waals surface area contributed by atoms with Gasteiger partial charge in [-0.3, -0.25) is 4.90 Å². The van der Waals surface area contributed by atoms with Gasteiger partial charge in [0.2, 0.25) is 10.0 Å². The van der Waals surface area contributed by atoms with Gasteiger partial charge in [0.1, 0.15) is 0 Å². The first-order valence-electron chi connectivity index (χ1n) is 10.2. The zero-order valence-corrected chi connectivity index (χ0v) is 19.7. The second-order valence-corrected chi connectivity index (χ2v) is 10.3. The van der Waals surface area contributed by atoms with Crippen LogP contribution in [0.1, 0.15) is 35.6 Å². The predicted octanol–water partition coefficient (Wildman–Crippen LogP) is 3.68. The normalized spacial score (nSPS) is 18.3. The van der Waals surface area contributed by atoms with Crippen molar-refractivity contribution in [2.24, 2.45) is 0 Å². The molecule has 0 spiro atoms. The number of methoxy groups -OCH3 is 2. The van der Waals surface area contributed by atoms with E-state index in [-0.39, 0.29) is 4.90 Å². The number of hydrogen-bond donors (Lipinski definition) is 1. The second kappa shape index (κ2) is 8.86. The second-order valence-electron chi connectivity index (χ2n) is 7.69. The Morgan fingerprint density at radius 3 is 2.73 bits per heavy atom. The Labute approximate surface area is 186 Å². The molecule has 1 N–H and O–H groups in total. The third kappa shape index (κ3) is 3.98. The molecule has 162 valence electrons. The Bertz CT molecular complexity index is 1040. The average molecular weight is 495 g/mol. The van der Waals surface area contributed by atoms with Crippen LogP contribution < -0.4 is 14.2 Å². The summed E-state index contributed by atoms with van der Waals surface area (Å²) in [6.07, 6.45) is 3.78. The highest BCUT2D eigenvalue weighted by Crippen LogP contribution is 2.48. The summed E-state index contributed by atoms with van der Waals surface area (Å²) in [5.74, 6) is 1.68. The van der Waals surface area contributed by atoms with E-state index in [1.807, 2.05) is 0 Å². The Balaban J connectivity index is 1.40. The van der Waals surface area contributed by atoms with Gasteiger partial charge in [0, 0.05) is 35.7 Å². The van der Waals surface area contributed by atoms with Crippen molar-refractivity contribution in [3.63, 3.8) is 0 Å². The van der Waals surface area contributed by atoms with E-state index in [2.05, 4.69) is 31.6 Å². The summed E-state index contributed by atoms with van der Waals surface area (Å²) in [6.45, 7) is 2.25. The van der Waals surface area contributed by atoms with Crippen molar-refractivity contribution in [3.8, 4) is 11.5 Å². The standard InChI is InChI=1S/C22H27BrN2O4S/c1-28-19-14-15-10-13-25(18-9-8-16(21(15)18)22(19)29-2)12-5-11-24-30(26,27)20-7-4-3-6-17(20)23/h3-4,6-7,14,18,24H,5,8-13H2,1-2H3. The number of ether oxygens (including phenoxy) is 2. The maximum atomic E-state index is 12.5. The molecule has 0 fully saturated rings. The van der Waals surface area contributed by atoms with E-state index in [1.165, 1.54) is 16.7 Å². The predicted molar refractivity (Wildman–Crippen MR) is 120 cm³/mol. The van der Waals surface area contributed by atoms with Crippen molar-refractivity contribution in [2.75, 3.05) is 33.9 Å². The highest BCUT2D eigenvalue weighted by atomic mass is 79.9. The molecule has 0 amide bonds. The molecule has 1 unspecified atom stereocenters. The molecule has 2 aromatic rings. The van der Waals surface area contributed by atoms with Gasteiger partial charge in [-0.1, -0.05) is 12.1 Å². The molecule has 6 nitrogen and oxygen atoms in total. The Hall–Kier alpha value is -1.61. The van der Waals surface area contributed by atoms with Crippen molar-refractivity contribution in [2.45, 2.75) is 36.6 Å². The summed E-state index contributed by atoms with van der Waals surface area (Å²) in [6, 6.07) is 9.38. The number of halogens is 1. The maximum absolute atomic E-state index is 12.5. The smallest absolute Gasteiger partial charge is 0.241 e. The first-order chi connectivity index (χ1) is 14.5. The summed E-state index contributed by atoms with van der Waals surface area (Å²) < 4.78 is 39.6. The Morgan fingerprint density at radius 1 is 1.20 bits per heavy atom. The third-order valence-corrected chi connectivity index (χ3v) is 8.52. The molecular formula is C22H27BrN2O4S. The van der Waals surface area contributed by atoms with Crippen LogP contribution in [0.25, 0.3) is 0 Å². The summed E-state index contributed by atoms with van der Waals surface area (Å²) >= 11 is 3.32. The van der Waals surface area contributed by atoms with Crippen LogP contribution in [0.3, 0.4) is 0 Å². The molecule has 0 aromatic heterocycles. The van der Waals surface area contributed by atoms with Crippen molar-refractivity contribution < 1.29 is 17.9 Å². The number of hydrogen-bond acceptors (Lipinski definition) is 5. The quantitative estimate of drug-likeness (QED) is 0.566. The zero-order chi connectivity index (χ0) is 21.3. The number of benzene rings is 2. The van der Waals surface area contributed by atoms with Crippen molar-refractivity contribution >= 4 is 26.0 Å². The van der Waals surface area contributed by atoms with Gasteiger partial charge in [-0.25, -0.2) is 13.1 Å². The fourth-order valence-electron chi connectivity index (χ4n) is 4.72. The van der Waals surface area contributed by atoms with E-state index < -0.39 is 10.0 Å². The van der Waals surface area contributed by atoms with Crippen molar-refractivity contribution in [3.05, 3.63) is 51.5 Å². The van der Waals surface area contributed by atoms with Gasteiger partial charge in [-0.05, 0) is 70.9 Å². The highest BCUT2D eigenvalue weighted by Gasteiger charge is 2.36. The topological polar surface area (TPSA) is 67.9 Å². The van der Waals surface area contributed by atoms with E-state index in [0.717, 1.165) is 50.3 Å². The molecule has 1 atom stereocenters. The fourth-order valence-corrected chi connectivity index (χ4v) is 6.79. The van der Waals surface area contributed by atoms with Crippen LogP contribution in [0, 0.1) is 0 Å². The van der Waals surface area contributed by atoms with Crippen molar-refractivity contribution in [1.82, 2.24) is 9.62 Å². The largest absolute Gasteiger partial charge is 0.493 e. The monoisotopic (exact) mass is 494 g/mol. The van der Waals surface area contributed by atoms with Gasteiger partial charge in [0.05, 0.1) is 19.1 Å². The molecule has 30 heavy (non-hydrogen) atoms. The first-order valence-corrected chi connectivity index (χ1v) is 12.5. The van der Waals surface area contributed by atoms with Crippen LogP contribution in [0.15, 0.2) is 39.7 Å². The Morgan fingerprint density at radius 2 is 2.00 bits per heavy atom. The molecular weight excluding hydrogens is 468 g/mol. The van der Waals surface area contributed by atoms with Gasteiger partial charge in [0.25, 0.3) is 0 Å². The minimum atomic E-state index is -3.51. The summed E-state index contributed by atoms with van der Waals surface area (Å²) in [5.41, 5.74) is 4.03. The number of sulfonamides is 1. The van der Waals surface area contributed by atoms with Gasteiger partial charge in [-0.2, -0.15) is 0 Å². The van der Waals surface area contributed by atoms with Crippen LogP contribution in [0.2, 0.25) is 0 Å². The van der Waals surface area contributed by atoms with Gasteiger partial charge in [0.15, 0.2) is 11.5 Å². The molecule has 0 saturated carbocycles. The molecule has 0 bridgehead atoms. The first kappa shape index (κ1) is 21.6. The molecule has 0 radical (unpaired) electrons. The van der Waals surface area contributed by atoms with Crippen LogP contribution >= 0.6 is 15.9 Å². The number of nitrogens with zero attached hydrogens (tertiary/aromatic N) is 1. The lowest BCUT2D eigenvalue weighted by molar-refractivity contribution is 0.184. The molecule has 8 heteroatoms. The van der Waals surface area contributed by atoms with Crippen LogP contribution in [-0.4, -0.2) is 47.2 Å². The van der Waals surface area contributed by atoms with Crippen LogP contribution in [0.4, 0.5) is 0 Å². The number of nitrogens with one attached hydrogen (secondary N) is 1. The molecule has 2 aliphatic rings. The fraction of sp³-hybridized carbons (Fsp3) is 0.455. The summed E-state index contributed by atoms with van der Waals surface area (Å²) in [5, 5.41) is 0. The van der Waals surface area contributed by atoms with E-state index >= 15 is 0 Å². The Kier molecular flexibility index (Phi) is 6.39. The minimum absolute atomic E-state index is 0.276. The average Bonchev–Trinajstić information content (AvgIpc) is 3.18. The lowest BCUT2D eigenvalue weighted by atomic mass is 9.92. The zero-order valence-electron chi connectivity index (χ0n) is 17.3. The highest BCUT2D eigenvalue weighted by molar-refractivity contribution is 9.10. The lowest BCUT2D eigenvalue weighted by Gasteiger charge is -2.35.